The first-order chi connectivity index (χ1) is 7.17. The Kier molecular flexibility index (Phi) is 4.65. The molecule has 0 aliphatic rings. The lowest BCUT2D eigenvalue weighted by Crippen LogP contribution is -2.24. The van der Waals surface area contributed by atoms with Crippen LogP contribution in [0.1, 0.15) is 5.56 Å². The zero-order valence-corrected chi connectivity index (χ0v) is 9.58. The van der Waals surface area contributed by atoms with Gasteiger partial charge in [-0.1, -0.05) is 12.1 Å². The first kappa shape index (κ1) is 12.1. The van der Waals surface area contributed by atoms with Crippen LogP contribution in [0.15, 0.2) is 29.2 Å². The molecule has 0 heterocycles. The summed E-state index contributed by atoms with van der Waals surface area (Å²) in [6.45, 7) is 0. The average molecular weight is 226 g/mol. The minimum Gasteiger partial charge on any atom is -0.479 e. The molecular formula is C11H14O3S. The van der Waals surface area contributed by atoms with E-state index in [0.717, 1.165) is 5.56 Å². The maximum absolute atomic E-state index is 10.7. The first-order valence-corrected chi connectivity index (χ1v) is 5.78. The van der Waals surface area contributed by atoms with Crippen molar-refractivity contribution in [1.82, 2.24) is 0 Å². The molecule has 0 aromatic heterocycles. The number of carboxylic acid groups (broad SMARTS) is 1. The number of hydrogen-bond acceptors (Lipinski definition) is 3. The van der Waals surface area contributed by atoms with Crippen molar-refractivity contribution in [2.24, 2.45) is 0 Å². The Morgan fingerprint density at radius 2 is 2.07 bits per heavy atom. The molecule has 1 aromatic carbocycles. The van der Waals surface area contributed by atoms with Crippen molar-refractivity contribution < 1.29 is 14.6 Å². The molecule has 15 heavy (non-hydrogen) atoms. The van der Waals surface area contributed by atoms with Gasteiger partial charge in [-0.25, -0.2) is 4.79 Å². The Balaban J connectivity index is 2.67. The molecule has 0 saturated carbocycles. The second-order valence-corrected chi connectivity index (χ2v) is 3.99. The van der Waals surface area contributed by atoms with Gasteiger partial charge in [0.25, 0.3) is 0 Å². The molecule has 1 rings (SSSR count). The van der Waals surface area contributed by atoms with Gasteiger partial charge in [-0.05, 0) is 24.0 Å². The highest BCUT2D eigenvalue weighted by Gasteiger charge is 2.16. The number of aliphatic carboxylic acids is 1. The van der Waals surface area contributed by atoms with Crippen molar-refractivity contribution in [3.63, 3.8) is 0 Å². The molecule has 0 radical (unpaired) electrons. The van der Waals surface area contributed by atoms with Crippen LogP contribution in [0.5, 0.6) is 0 Å². The van der Waals surface area contributed by atoms with Gasteiger partial charge in [0.2, 0.25) is 0 Å². The van der Waals surface area contributed by atoms with E-state index in [4.69, 9.17) is 9.84 Å². The molecule has 1 aromatic rings. The Bertz CT molecular complexity index is 321. The molecule has 0 aliphatic carbocycles. The van der Waals surface area contributed by atoms with Gasteiger partial charge >= 0.3 is 5.97 Å². The molecule has 1 unspecified atom stereocenters. The van der Waals surface area contributed by atoms with Gasteiger partial charge in [0.05, 0.1) is 0 Å². The van der Waals surface area contributed by atoms with Gasteiger partial charge in [0, 0.05) is 18.4 Å². The average Bonchev–Trinajstić information content (AvgIpc) is 2.26. The fourth-order valence-electron chi connectivity index (χ4n) is 1.25. The van der Waals surface area contributed by atoms with Crippen molar-refractivity contribution in [2.75, 3.05) is 13.4 Å². The fraction of sp³-hybridized carbons (Fsp3) is 0.364. The van der Waals surface area contributed by atoms with Gasteiger partial charge in [-0.3, -0.25) is 0 Å². The normalized spacial score (nSPS) is 12.4. The molecule has 0 amide bonds. The minimum absolute atomic E-state index is 0.403. The third kappa shape index (κ3) is 3.57. The Hall–Kier alpha value is -1.00. The summed E-state index contributed by atoms with van der Waals surface area (Å²) in [5.41, 5.74) is 0.974. The molecule has 82 valence electrons. The van der Waals surface area contributed by atoms with Crippen molar-refractivity contribution >= 4 is 17.7 Å². The van der Waals surface area contributed by atoms with Crippen molar-refractivity contribution in [2.45, 2.75) is 17.4 Å². The summed E-state index contributed by atoms with van der Waals surface area (Å²) in [7, 11) is 1.41. The molecule has 0 saturated heterocycles. The summed E-state index contributed by atoms with van der Waals surface area (Å²) in [4.78, 5) is 11.9. The van der Waals surface area contributed by atoms with Crippen LogP contribution >= 0.6 is 11.8 Å². The number of methoxy groups -OCH3 is 1. The Morgan fingerprint density at radius 1 is 1.47 bits per heavy atom. The quantitative estimate of drug-likeness (QED) is 0.781. The Labute approximate surface area is 93.4 Å². The van der Waals surface area contributed by atoms with Crippen molar-refractivity contribution in [1.29, 1.82) is 0 Å². The van der Waals surface area contributed by atoms with Crippen LogP contribution in [-0.4, -0.2) is 30.5 Å². The molecule has 4 heteroatoms. The fourth-order valence-corrected chi connectivity index (χ4v) is 1.66. The minimum atomic E-state index is -0.925. The molecule has 0 fully saturated rings. The van der Waals surface area contributed by atoms with Gasteiger partial charge in [-0.15, -0.1) is 11.8 Å². The number of carbonyl (C=O) groups is 1. The number of hydrogen-bond donors (Lipinski definition) is 1. The first-order valence-electron chi connectivity index (χ1n) is 4.56. The summed E-state index contributed by atoms with van der Waals surface area (Å²) in [5, 5.41) is 8.81. The molecular weight excluding hydrogens is 212 g/mol. The monoisotopic (exact) mass is 226 g/mol. The van der Waals surface area contributed by atoms with Gasteiger partial charge in [-0.2, -0.15) is 0 Å². The van der Waals surface area contributed by atoms with Crippen LogP contribution in [0.2, 0.25) is 0 Å². The van der Waals surface area contributed by atoms with Crippen molar-refractivity contribution in [3.05, 3.63) is 29.8 Å². The van der Waals surface area contributed by atoms with E-state index >= 15 is 0 Å². The summed E-state index contributed by atoms with van der Waals surface area (Å²) < 4.78 is 4.87. The van der Waals surface area contributed by atoms with Gasteiger partial charge < -0.3 is 9.84 Å². The van der Waals surface area contributed by atoms with E-state index < -0.39 is 12.1 Å². The summed E-state index contributed by atoms with van der Waals surface area (Å²) >= 11 is 1.66. The topological polar surface area (TPSA) is 46.5 Å². The maximum Gasteiger partial charge on any atom is 0.333 e. The highest BCUT2D eigenvalue weighted by Crippen LogP contribution is 2.16. The van der Waals surface area contributed by atoms with Crippen LogP contribution < -0.4 is 0 Å². The highest BCUT2D eigenvalue weighted by molar-refractivity contribution is 7.98. The number of carboxylic acids is 1. The summed E-state index contributed by atoms with van der Waals surface area (Å²) in [5.74, 6) is -0.925. The SMILES string of the molecule is COC(Cc1ccc(SC)cc1)C(=O)O. The highest BCUT2D eigenvalue weighted by atomic mass is 32.2. The molecule has 0 aliphatic heterocycles. The van der Waals surface area contributed by atoms with E-state index in [1.54, 1.807) is 11.8 Å². The predicted molar refractivity (Wildman–Crippen MR) is 60.4 cm³/mol. The maximum atomic E-state index is 10.7. The molecule has 1 atom stereocenters. The van der Waals surface area contributed by atoms with E-state index in [-0.39, 0.29) is 0 Å². The largest absolute Gasteiger partial charge is 0.479 e. The number of ether oxygens (including phenoxy) is 1. The van der Waals surface area contributed by atoms with Gasteiger partial charge in [0.15, 0.2) is 6.10 Å². The third-order valence-corrected chi connectivity index (χ3v) is 2.88. The zero-order chi connectivity index (χ0) is 11.3. The predicted octanol–water partition coefficient (Wildman–Crippen LogP) is 2.05. The van der Waals surface area contributed by atoms with E-state index in [9.17, 15) is 4.79 Å². The van der Waals surface area contributed by atoms with Crippen LogP contribution in [0.3, 0.4) is 0 Å². The lowest BCUT2D eigenvalue weighted by Gasteiger charge is -2.10. The second-order valence-electron chi connectivity index (χ2n) is 3.11. The summed E-state index contributed by atoms with van der Waals surface area (Å²) in [6, 6.07) is 7.82. The number of benzene rings is 1. The van der Waals surface area contributed by atoms with Crippen LogP contribution in [-0.2, 0) is 16.0 Å². The number of thioether (sulfide) groups is 1. The van der Waals surface area contributed by atoms with E-state index in [1.165, 1.54) is 12.0 Å². The molecule has 1 N–H and O–H groups in total. The zero-order valence-electron chi connectivity index (χ0n) is 8.77. The Morgan fingerprint density at radius 3 is 2.47 bits per heavy atom. The lowest BCUT2D eigenvalue weighted by atomic mass is 10.1. The van der Waals surface area contributed by atoms with Crippen LogP contribution in [0, 0.1) is 0 Å². The number of rotatable bonds is 5. The van der Waals surface area contributed by atoms with E-state index in [1.807, 2.05) is 30.5 Å². The van der Waals surface area contributed by atoms with E-state index in [0.29, 0.717) is 6.42 Å². The van der Waals surface area contributed by atoms with E-state index in [2.05, 4.69) is 0 Å². The molecule has 0 bridgehead atoms. The second kappa shape index (κ2) is 5.78. The third-order valence-electron chi connectivity index (χ3n) is 2.14. The van der Waals surface area contributed by atoms with Gasteiger partial charge in [0.1, 0.15) is 0 Å². The molecule has 3 nitrogen and oxygen atoms in total. The summed E-state index contributed by atoms with van der Waals surface area (Å²) in [6.07, 6.45) is 1.65. The van der Waals surface area contributed by atoms with Crippen LogP contribution in [0.4, 0.5) is 0 Å². The van der Waals surface area contributed by atoms with Crippen molar-refractivity contribution in [3.8, 4) is 0 Å². The lowest BCUT2D eigenvalue weighted by molar-refractivity contribution is -0.148. The smallest absolute Gasteiger partial charge is 0.333 e. The molecule has 0 spiro atoms. The standard InChI is InChI=1S/C11H14O3S/c1-14-10(11(12)13)7-8-3-5-9(15-2)6-4-8/h3-6,10H,7H2,1-2H3,(H,12,13). The van der Waals surface area contributed by atoms with Crippen LogP contribution in [0.25, 0.3) is 0 Å².